The zero-order valence-corrected chi connectivity index (χ0v) is 20.6. The van der Waals surface area contributed by atoms with E-state index in [2.05, 4.69) is 5.32 Å². The Morgan fingerprint density at radius 1 is 1.03 bits per heavy atom. The lowest BCUT2D eigenvalue weighted by Gasteiger charge is -2.37. The van der Waals surface area contributed by atoms with Crippen LogP contribution in [0.2, 0.25) is 5.02 Å². The molecule has 9 nitrogen and oxygen atoms in total. The highest BCUT2D eigenvalue weighted by Crippen LogP contribution is 2.53. The first kappa shape index (κ1) is 23.7. The van der Waals surface area contributed by atoms with Gasteiger partial charge in [-0.15, -0.1) is 0 Å². The standard InChI is InChI=1S/C27H25ClN4O5/c28-19-11-10-16(14-20(19)32(36)37)29-25(33)24-22-21(23-18-9-5-4-6-15(18)12-13-30(23)24)26(34)31(27(22)35)17-7-2-1-3-8-17/h4-6,9-14,17,21-24H,1-3,7-8H2,(H,29,33)/t21-,22-,23+,24+/m1/s1. The summed E-state index contributed by atoms with van der Waals surface area (Å²) in [5.74, 6) is -2.54. The van der Waals surface area contributed by atoms with Crippen molar-refractivity contribution in [3.63, 3.8) is 0 Å². The normalized spacial score (nSPS) is 26.6. The molecule has 4 atom stereocenters. The van der Waals surface area contributed by atoms with Crippen molar-refractivity contribution >= 4 is 46.8 Å². The molecule has 1 N–H and O–H groups in total. The third-order valence-corrected chi connectivity index (χ3v) is 8.43. The van der Waals surface area contributed by atoms with Crippen LogP contribution in [0.25, 0.3) is 6.08 Å². The second-order valence-corrected chi connectivity index (χ2v) is 10.5. The molecule has 3 amide bonds. The van der Waals surface area contributed by atoms with Crippen molar-refractivity contribution in [1.82, 2.24) is 9.80 Å². The molecule has 6 rings (SSSR count). The lowest BCUT2D eigenvalue weighted by molar-refractivity contribution is -0.384. The fraction of sp³-hybridized carbons (Fsp3) is 0.370. The van der Waals surface area contributed by atoms with Crippen molar-refractivity contribution < 1.29 is 19.3 Å². The summed E-state index contributed by atoms with van der Waals surface area (Å²) in [5, 5.41) is 14.0. The topological polar surface area (TPSA) is 113 Å². The molecule has 3 fully saturated rings. The molecule has 37 heavy (non-hydrogen) atoms. The molecule has 2 saturated heterocycles. The lowest BCUT2D eigenvalue weighted by atomic mass is 9.84. The van der Waals surface area contributed by atoms with Gasteiger partial charge in [0.05, 0.1) is 22.8 Å². The van der Waals surface area contributed by atoms with Gasteiger partial charge < -0.3 is 10.2 Å². The fourth-order valence-corrected chi connectivity index (χ4v) is 6.71. The molecule has 1 aliphatic carbocycles. The molecule has 2 aromatic carbocycles. The number of nitro groups is 1. The van der Waals surface area contributed by atoms with Crippen LogP contribution in [0.3, 0.4) is 0 Å². The van der Waals surface area contributed by atoms with E-state index in [-0.39, 0.29) is 34.3 Å². The molecule has 3 aliphatic heterocycles. The van der Waals surface area contributed by atoms with Crippen LogP contribution < -0.4 is 5.32 Å². The molecule has 190 valence electrons. The first-order chi connectivity index (χ1) is 17.9. The van der Waals surface area contributed by atoms with Gasteiger partial charge in [-0.2, -0.15) is 0 Å². The molecule has 2 aromatic rings. The Hall–Kier alpha value is -3.72. The minimum absolute atomic E-state index is 0.0424. The Morgan fingerprint density at radius 2 is 1.76 bits per heavy atom. The molecular weight excluding hydrogens is 496 g/mol. The van der Waals surface area contributed by atoms with Gasteiger partial charge in [0.1, 0.15) is 11.1 Å². The maximum absolute atomic E-state index is 13.9. The Labute approximate surface area is 218 Å². The number of halogens is 1. The number of nitrogens with zero attached hydrogens (tertiary/aromatic N) is 3. The Kier molecular flexibility index (Phi) is 5.75. The second kappa shape index (κ2) is 8.99. The van der Waals surface area contributed by atoms with E-state index in [1.165, 1.54) is 23.1 Å². The van der Waals surface area contributed by atoms with E-state index < -0.39 is 34.7 Å². The molecule has 0 radical (unpaired) electrons. The summed E-state index contributed by atoms with van der Waals surface area (Å²) >= 11 is 5.93. The van der Waals surface area contributed by atoms with E-state index in [9.17, 15) is 24.5 Å². The molecule has 0 bridgehead atoms. The number of carbonyl (C=O) groups excluding carboxylic acids is 3. The van der Waals surface area contributed by atoms with E-state index >= 15 is 0 Å². The highest BCUT2D eigenvalue weighted by molar-refractivity contribution is 6.32. The minimum atomic E-state index is -0.945. The molecule has 10 heteroatoms. The van der Waals surface area contributed by atoms with Crippen LogP contribution in [0.4, 0.5) is 11.4 Å². The smallest absolute Gasteiger partial charge is 0.289 e. The van der Waals surface area contributed by atoms with Crippen LogP contribution in [-0.4, -0.2) is 44.5 Å². The van der Waals surface area contributed by atoms with Crippen LogP contribution in [0.1, 0.15) is 49.3 Å². The Morgan fingerprint density at radius 3 is 2.51 bits per heavy atom. The number of nitrogens with one attached hydrogen (secondary N) is 1. The van der Waals surface area contributed by atoms with Crippen molar-refractivity contribution in [3.8, 4) is 0 Å². The number of anilines is 1. The molecule has 3 heterocycles. The van der Waals surface area contributed by atoms with E-state index in [0.29, 0.717) is 0 Å². The number of rotatable bonds is 4. The van der Waals surface area contributed by atoms with Gasteiger partial charge in [0.15, 0.2) is 0 Å². The van der Waals surface area contributed by atoms with Gasteiger partial charge in [0.2, 0.25) is 17.7 Å². The largest absolute Gasteiger partial charge is 0.357 e. The van der Waals surface area contributed by atoms with Crippen LogP contribution in [-0.2, 0) is 14.4 Å². The van der Waals surface area contributed by atoms with Gasteiger partial charge in [0, 0.05) is 24.0 Å². The predicted octanol–water partition coefficient (Wildman–Crippen LogP) is 4.53. The maximum atomic E-state index is 13.9. The average Bonchev–Trinajstić information content (AvgIpc) is 3.38. The summed E-state index contributed by atoms with van der Waals surface area (Å²) in [6.07, 6.45) is 8.26. The van der Waals surface area contributed by atoms with Crippen LogP contribution in [0, 0.1) is 22.0 Å². The van der Waals surface area contributed by atoms with Crippen molar-refractivity contribution in [2.75, 3.05) is 5.32 Å². The number of imide groups is 1. The number of hydrogen-bond donors (Lipinski definition) is 1. The van der Waals surface area contributed by atoms with E-state index in [4.69, 9.17) is 11.6 Å². The fourth-order valence-electron chi connectivity index (χ4n) is 6.53. The van der Waals surface area contributed by atoms with Gasteiger partial charge in [-0.3, -0.25) is 29.4 Å². The summed E-state index contributed by atoms with van der Waals surface area (Å²) in [6, 6.07) is 10.2. The SMILES string of the molecule is O=C(Nc1ccc(Cl)c([N+](=O)[O-])c1)[C@@H]1[C@@H]2C(=O)N(C3CCCCC3)C(=O)[C@H]2[C@@H]2c3ccccc3C=CN12. The van der Waals surface area contributed by atoms with Gasteiger partial charge in [-0.05, 0) is 42.2 Å². The highest BCUT2D eigenvalue weighted by Gasteiger charge is 2.65. The van der Waals surface area contributed by atoms with Crippen LogP contribution >= 0.6 is 11.6 Å². The van der Waals surface area contributed by atoms with E-state index in [1.807, 2.05) is 35.2 Å². The third kappa shape index (κ3) is 3.71. The summed E-state index contributed by atoms with van der Waals surface area (Å²) in [7, 11) is 0. The van der Waals surface area contributed by atoms with Crippen molar-refractivity contribution in [2.45, 2.75) is 50.2 Å². The molecular formula is C27H25ClN4O5. The highest BCUT2D eigenvalue weighted by atomic mass is 35.5. The number of carbonyl (C=O) groups is 3. The second-order valence-electron chi connectivity index (χ2n) is 10.1. The van der Waals surface area contributed by atoms with Crippen molar-refractivity contribution in [1.29, 1.82) is 0 Å². The average molecular weight is 521 g/mol. The molecule has 0 unspecified atom stereocenters. The van der Waals surface area contributed by atoms with Crippen LogP contribution in [0.15, 0.2) is 48.7 Å². The monoisotopic (exact) mass is 520 g/mol. The van der Waals surface area contributed by atoms with Gasteiger partial charge in [0.25, 0.3) is 5.69 Å². The summed E-state index contributed by atoms with van der Waals surface area (Å²) in [5.41, 5.74) is 1.73. The number of benzene rings is 2. The van der Waals surface area contributed by atoms with E-state index in [0.717, 1.165) is 43.2 Å². The zero-order chi connectivity index (χ0) is 25.8. The third-order valence-electron chi connectivity index (χ3n) is 8.11. The predicted molar refractivity (Wildman–Crippen MR) is 136 cm³/mol. The van der Waals surface area contributed by atoms with Gasteiger partial charge in [-0.25, -0.2) is 0 Å². The molecule has 0 spiro atoms. The molecule has 1 saturated carbocycles. The number of likely N-dealkylation sites (tertiary alicyclic amines) is 1. The maximum Gasteiger partial charge on any atom is 0.289 e. The van der Waals surface area contributed by atoms with Gasteiger partial charge in [-0.1, -0.05) is 55.1 Å². The lowest BCUT2D eigenvalue weighted by Crippen LogP contribution is -2.49. The van der Waals surface area contributed by atoms with Crippen LogP contribution in [0.5, 0.6) is 0 Å². The summed E-state index contributed by atoms with van der Waals surface area (Å²) < 4.78 is 0. The minimum Gasteiger partial charge on any atom is -0.357 e. The number of nitro benzene ring substituents is 1. The van der Waals surface area contributed by atoms with Gasteiger partial charge >= 0.3 is 0 Å². The zero-order valence-electron chi connectivity index (χ0n) is 19.9. The first-order valence-corrected chi connectivity index (χ1v) is 12.9. The Bertz CT molecular complexity index is 1350. The molecule has 0 aromatic heterocycles. The van der Waals surface area contributed by atoms with Crippen molar-refractivity contribution in [3.05, 3.63) is 74.9 Å². The van der Waals surface area contributed by atoms with E-state index in [1.54, 1.807) is 6.20 Å². The Balaban J connectivity index is 1.39. The molecule has 4 aliphatic rings. The number of fused-ring (bicyclic) bond motifs is 5. The summed E-state index contributed by atoms with van der Waals surface area (Å²) in [6.45, 7) is 0. The first-order valence-electron chi connectivity index (χ1n) is 12.5. The number of hydrogen-bond acceptors (Lipinski definition) is 6. The summed E-state index contributed by atoms with van der Waals surface area (Å²) in [4.78, 5) is 55.5. The van der Waals surface area contributed by atoms with Crippen molar-refractivity contribution in [2.24, 2.45) is 11.8 Å². The quantitative estimate of drug-likeness (QED) is 0.360. The number of amides is 3.